The van der Waals surface area contributed by atoms with Crippen molar-refractivity contribution < 1.29 is 17.9 Å². The Morgan fingerprint density at radius 2 is 1.89 bits per heavy atom. The van der Waals surface area contributed by atoms with Gasteiger partial charge in [-0.15, -0.1) is 0 Å². The number of anilines is 1. The number of hydrogen-bond donors (Lipinski definition) is 1. The minimum Gasteiger partial charge on any atom is -0.379 e. The van der Waals surface area contributed by atoms with E-state index in [1.54, 1.807) is 24.3 Å². The molecule has 6 nitrogen and oxygen atoms in total. The molecule has 0 heterocycles. The highest BCUT2D eigenvalue weighted by Gasteiger charge is 2.23. The lowest BCUT2D eigenvalue weighted by atomic mass is 10.2. The van der Waals surface area contributed by atoms with Gasteiger partial charge in [0.15, 0.2) is 0 Å². The molecule has 3 rings (SSSR count). The highest BCUT2D eigenvalue weighted by molar-refractivity contribution is 7.92. The second kappa shape index (κ2) is 8.75. The molecule has 150 valence electrons. The average Bonchev–Trinajstić information content (AvgIpc) is 3.52. The number of nitrogens with one attached hydrogen (secondary N) is 1. The number of carbonyl (C=O) groups excluding carboxylic acids is 1. The maximum Gasteiger partial charge on any atom is 0.264 e. The predicted molar refractivity (Wildman–Crippen MR) is 109 cm³/mol. The van der Waals surface area contributed by atoms with Crippen LogP contribution in [0.5, 0.6) is 0 Å². The molecular formula is C21H26N2O4S. The fraction of sp³-hybridized carbons (Fsp3) is 0.381. The third-order valence-corrected chi connectivity index (χ3v) is 6.52. The Labute approximate surface area is 166 Å². The Bertz CT molecular complexity index is 922. The molecule has 0 unspecified atom stereocenters. The van der Waals surface area contributed by atoms with Crippen LogP contribution in [0.1, 0.15) is 28.8 Å². The fourth-order valence-electron chi connectivity index (χ4n) is 2.72. The second-order valence-electron chi connectivity index (χ2n) is 7.11. The summed E-state index contributed by atoms with van der Waals surface area (Å²) in [7, 11) is -2.26. The molecule has 1 saturated carbocycles. The Kier molecular flexibility index (Phi) is 6.36. The topological polar surface area (TPSA) is 75.7 Å². The fourth-order valence-corrected chi connectivity index (χ4v) is 3.96. The summed E-state index contributed by atoms with van der Waals surface area (Å²) in [5.41, 5.74) is 1.92. The first-order valence-corrected chi connectivity index (χ1v) is 10.8. The van der Waals surface area contributed by atoms with Crippen molar-refractivity contribution in [3.05, 3.63) is 59.7 Å². The number of nitrogens with zero attached hydrogens (tertiary/aromatic N) is 1. The molecule has 0 radical (unpaired) electrons. The molecule has 1 amide bonds. The van der Waals surface area contributed by atoms with Crippen molar-refractivity contribution in [1.29, 1.82) is 0 Å². The summed E-state index contributed by atoms with van der Waals surface area (Å²) in [4.78, 5) is 12.4. The van der Waals surface area contributed by atoms with E-state index in [1.165, 1.54) is 36.3 Å². The summed E-state index contributed by atoms with van der Waals surface area (Å²) in [5.74, 6) is 0.369. The first kappa shape index (κ1) is 20.4. The molecule has 0 saturated heterocycles. The number of rotatable bonds is 9. The van der Waals surface area contributed by atoms with Crippen LogP contribution >= 0.6 is 0 Å². The van der Waals surface area contributed by atoms with E-state index in [-0.39, 0.29) is 10.8 Å². The third kappa shape index (κ3) is 5.11. The lowest BCUT2D eigenvalue weighted by molar-refractivity contribution is 0.0906. The van der Waals surface area contributed by atoms with Gasteiger partial charge in [0, 0.05) is 25.8 Å². The number of benzene rings is 2. The van der Waals surface area contributed by atoms with Crippen molar-refractivity contribution in [3.63, 3.8) is 0 Å². The van der Waals surface area contributed by atoms with E-state index in [4.69, 9.17) is 4.74 Å². The van der Waals surface area contributed by atoms with Crippen LogP contribution < -0.4 is 9.62 Å². The normalized spacial score (nSPS) is 13.9. The van der Waals surface area contributed by atoms with E-state index in [2.05, 4.69) is 5.32 Å². The van der Waals surface area contributed by atoms with Crippen LogP contribution in [-0.4, -0.2) is 41.1 Å². The molecule has 1 aliphatic carbocycles. The lowest BCUT2D eigenvalue weighted by Crippen LogP contribution is -2.29. The maximum absolute atomic E-state index is 12.9. The van der Waals surface area contributed by atoms with E-state index >= 15 is 0 Å². The van der Waals surface area contributed by atoms with Crippen molar-refractivity contribution in [2.45, 2.75) is 24.7 Å². The van der Waals surface area contributed by atoms with Gasteiger partial charge in [0.25, 0.3) is 15.9 Å². The number of amides is 1. The van der Waals surface area contributed by atoms with Gasteiger partial charge in [-0.2, -0.15) is 0 Å². The molecule has 0 spiro atoms. The Morgan fingerprint density at radius 3 is 2.57 bits per heavy atom. The van der Waals surface area contributed by atoms with Crippen LogP contribution in [0, 0.1) is 12.8 Å². The number of carbonyl (C=O) groups is 1. The summed E-state index contributed by atoms with van der Waals surface area (Å²) < 4.78 is 32.6. The summed E-state index contributed by atoms with van der Waals surface area (Å²) in [5, 5.41) is 2.77. The van der Waals surface area contributed by atoms with Gasteiger partial charge in [-0.3, -0.25) is 9.10 Å². The number of ether oxygens (including phenoxy) is 1. The van der Waals surface area contributed by atoms with Crippen molar-refractivity contribution in [2.75, 3.05) is 31.1 Å². The smallest absolute Gasteiger partial charge is 0.264 e. The molecule has 2 aromatic rings. The Hall–Kier alpha value is -2.38. The molecule has 1 fully saturated rings. The van der Waals surface area contributed by atoms with Crippen molar-refractivity contribution >= 4 is 21.6 Å². The third-order valence-electron chi connectivity index (χ3n) is 4.73. The van der Waals surface area contributed by atoms with E-state index in [9.17, 15) is 13.2 Å². The molecule has 0 atom stereocenters. The molecule has 2 aromatic carbocycles. The standard InChI is InChI=1S/C21H26N2O4S/c1-16-6-10-19(11-7-16)23(2)28(25,26)20-5-3-4-18(14-20)21(24)22-12-13-27-15-17-8-9-17/h3-7,10-11,14,17H,8-9,12-13,15H2,1-2H3,(H,22,24). The monoisotopic (exact) mass is 402 g/mol. The molecule has 0 aliphatic heterocycles. The number of hydrogen-bond acceptors (Lipinski definition) is 4. The molecule has 28 heavy (non-hydrogen) atoms. The highest BCUT2D eigenvalue weighted by atomic mass is 32.2. The first-order chi connectivity index (χ1) is 13.4. The van der Waals surface area contributed by atoms with Gasteiger partial charge in [-0.05, 0) is 56.0 Å². The van der Waals surface area contributed by atoms with E-state index in [0.29, 0.717) is 30.3 Å². The molecule has 0 aromatic heterocycles. The summed E-state index contributed by atoms with van der Waals surface area (Å²) in [6.07, 6.45) is 2.45. The molecule has 7 heteroatoms. The van der Waals surface area contributed by atoms with E-state index in [1.807, 2.05) is 19.1 Å². The summed E-state index contributed by atoms with van der Waals surface area (Å²) >= 11 is 0. The second-order valence-corrected chi connectivity index (χ2v) is 9.08. The zero-order chi connectivity index (χ0) is 20.1. The van der Waals surface area contributed by atoms with E-state index < -0.39 is 10.0 Å². The quantitative estimate of drug-likeness (QED) is 0.655. The van der Waals surface area contributed by atoms with Crippen molar-refractivity contribution in [1.82, 2.24) is 5.32 Å². The van der Waals surface area contributed by atoms with Gasteiger partial charge >= 0.3 is 0 Å². The largest absolute Gasteiger partial charge is 0.379 e. The van der Waals surface area contributed by atoms with Crippen LogP contribution in [0.4, 0.5) is 5.69 Å². The van der Waals surface area contributed by atoms with Crippen LogP contribution in [0.25, 0.3) is 0 Å². The first-order valence-electron chi connectivity index (χ1n) is 9.39. The van der Waals surface area contributed by atoms with Gasteiger partial charge in [0.05, 0.1) is 17.2 Å². The Morgan fingerprint density at radius 1 is 1.18 bits per heavy atom. The van der Waals surface area contributed by atoms with Crippen LogP contribution in [0.3, 0.4) is 0 Å². The maximum atomic E-state index is 12.9. The zero-order valence-electron chi connectivity index (χ0n) is 16.2. The van der Waals surface area contributed by atoms with Gasteiger partial charge in [-0.1, -0.05) is 23.8 Å². The van der Waals surface area contributed by atoms with Crippen molar-refractivity contribution in [3.8, 4) is 0 Å². The minimum absolute atomic E-state index is 0.0770. The predicted octanol–water partition coefficient (Wildman–Crippen LogP) is 2.98. The lowest BCUT2D eigenvalue weighted by Gasteiger charge is -2.20. The molecule has 1 aliphatic rings. The molecular weight excluding hydrogens is 376 g/mol. The van der Waals surface area contributed by atoms with Crippen molar-refractivity contribution in [2.24, 2.45) is 5.92 Å². The average molecular weight is 403 g/mol. The van der Waals surface area contributed by atoms with Gasteiger partial charge in [0.1, 0.15) is 0 Å². The summed E-state index contributed by atoms with van der Waals surface area (Å²) in [6, 6.07) is 13.3. The van der Waals surface area contributed by atoms with Gasteiger partial charge in [-0.25, -0.2) is 8.42 Å². The van der Waals surface area contributed by atoms with Gasteiger partial charge in [0.2, 0.25) is 0 Å². The van der Waals surface area contributed by atoms with Crippen LogP contribution in [0.15, 0.2) is 53.4 Å². The highest BCUT2D eigenvalue weighted by Crippen LogP contribution is 2.28. The molecule has 1 N–H and O–H groups in total. The summed E-state index contributed by atoms with van der Waals surface area (Å²) in [6.45, 7) is 3.54. The van der Waals surface area contributed by atoms with Crippen LogP contribution in [-0.2, 0) is 14.8 Å². The van der Waals surface area contributed by atoms with E-state index in [0.717, 1.165) is 12.2 Å². The zero-order valence-corrected chi connectivity index (χ0v) is 17.0. The van der Waals surface area contributed by atoms with Gasteiger partial charge < -0.3 is 10.1 Å². The number of sulfonamides is 1. The SMILES string of the molecule is Cc1ccc(N(C)S(=O)(=O)c2cccc(C(=O)NCCOCC3CC3)c2)cc1. The minimum atomic E-state index is -3.76. The molecule has 0 bridgehead atoms. The van der Waals surface area contributed by atoms with Crippen LogP contribution in [0.2, 0.25) is 0 Å². The number of aryl methyl sites for hydroxylation is 1. The Balaban J connectivity index is 1.65.